The molecule has 1 aromatic heterocycles. The lowest BCUT2D eigenvalue weighted by Gasteiger charge is -2.25. The van der Waals surface area contributed by atoms with Gasteiger partial charge in [-0.3, -0.25) is 15.1 Å². The molecule has 0 saturated carbocycles. The zero-order valence-electron chi connectivity index (χ0n) is 10.6. The maximum absolute atomic E-state index is 11.4. The fraction of sp³-hybridized carbons (Fsp3) is 0.308. The van der Waals surface area contributed by atoms with Gasteiger partial charge in [0.05, 0.1) is 5.69 Å². The van der Waals surface area contributed by atoms with Gasteiger partial charge in [0.15, 0.2) is 0 Å². The summed E-state index contributed by atoms with van der Waals surface area (Å²) in [5, 5.41) is 21.2. The lowest BCUT2D eigenvalue weighted by molar-refractivity contribution is -0.144. The van der Waals surface area contributed by atoms with Gasteiger partial charge >= 0.3 is 11.9 Å². The van der Waals surface area contributed by atoms with Gasteiger partial charge < -0.3 is 10.2 Å². The van der Waals surface area contributed by atoms with Crippen LogP contribution >= 0.6 is 12.4 Å². The molecule has 7 heteroatoms. The number of aromatic nitrogens is 1. The molecule has 2 rings (SSSR count). The van der Waals surface area contributed by atoms with E-state index in [1.165, 1.54) is 6.08 Å². The standard InChI is InChI=1S/C13H14N2O4.ClH/c16-11(17)9-4-5-13(7-9,12(18)19)15-8-10-3-1-2-6-14-10;/h1-4,6,15H,5,7-8H2,(H,16,17)(H,18,19);1H. The molecule has 0 saturated heterocycles. The van der Waals surface area contributed by atoms with Crippen molar-refractivity contribution in [2.45, 2.75) is 24.9 Å². The fourth-order valence-electron chi connectivity index (χ4n) is 2.07. The molecule has 0 aliphatic heterocycles. The van der Waals surface area contributed by atoms with Gasteiger partial charge in [-0.05, 0) is 18.6 Å². The molecule has 6 nitrogen and oxygen atoms in total. The Kier molecular flexibility index (Phi) is 5.24. The second-order valence-corrected chi connectivity index (χ2v) is 4.48. The summed E-state index contributed by atoms with van der Waals surface area (Å²) in [5.74, 6) is -2.11. The molecule has 1 heterocycles. The summed E-state index contributed by atoms with van der Waals surface area (Å²) < 4.78 is 0. The molecule has 108 valence electrons. The third kappa shape index (κ3) is 3.34. The smallest absolute Gasteiger partial charge is 0.331 e. The molecule has 1 atom stereocenters. The van der Waals surface area contributed by atoms with E-state index in [2.05, 4.69) is 10.3 Å². The largest absolute Gasteiger partial charge is 0.480 e. The molecule has 0 fully saturated rings. The van der Waals surface area contributed by atoms with Crippen molar-refractivity contribution in [3.05, 3.63) is 41.7 Å². The van der Waals surface area contributed by atoms with Crippen molar-refractivity contribution in [1.82, 2.24) is 10.3 Å². The molecule has 20 heavy (non-hydrogen) atoms. The van der Waals surface area contributed by atoms with Gasteiger partial charge in [0.2, 0.25) is 0 Å². The van der Waals surface area contributed by atoms with E-state index in [1.807, 2.05) is 6.07 Å². The second-order valence-electron chi connectivity index (χ2n) is 4.48. The number of carboxylic acids is 2. The number of carboxylic acid groups (broad SMARTS) is 2. The van der Waals surface area contributed by atoms with Crippen LogP contribution in [0, 0.1) is 0 Å². The summed E-state index contributed by atoms with van der Waals surface area (Å²) >= 11 is 0. The van der Waals surface area contributed by atoms with Gasteiger partial charge in [0, 0.05) is 24.7 Å². The Balaban J connectivity index is 0.00000200. The van der Waals surface area contributed by atoms with Gasteiger partial charge in [-0.15, -0.1) is 12.4 Å². The number of nitrogens with one attached hydrogen (secondary N) is 1. The van der Waals surface area contributed by atoms with Crippen LogP contribution in [-0.2, 0) is 16.1 Å². The minimum absolute atomic E-state index is 0. The average molecular weight is 299 g/mol. The molecule has 0 radical (unpaired) electrons. The monoisotopic (exact) mass is 298 g/mol. The quantitative estimate of drug-likeness (QED) is 0.756. The van der Waals surface area contributed by atoms with Gasteiger partial charge in [0.1, 0.15) is 5.54 Å². The molecular weight excluding hydrogens is 284 g/mol. The van der Waals surface area contributed by atoms with Crippen LogP contribution in [0.4, 0.5) is 0 Å². The lowest BCUT2D eigenvalue weighted by atomic mass is 9.95. The highest BCUT2D eigenvalue weighted by atomic mass is 35.5. The van der Waals surface area contributed by atoms with Crippen molar-refractivity contribution in [1.29, 1.82) is 0 Å². The second kappa shape index (κ2) is 6.49. The third-order valence-corrected chi connectivity index (χ3v) is 3.21. The Bertz CT molecular complexity index is 532. The van der Waals surface area contributed by atoms with Crippen LogP contribution in [0.3, 0.4) is 0 Å². The SMILES string of the molecule is Cl.O=C(O)C1=CCC(NCc2ccccn2)(C(=O)O)C1. The van der Waals surface area contributed by atoms with Crippen LogP contribution in [-0.4, -0.2) is 32.7 Å². The van der Waals surface area contributed by atoms with Crippen LogP contribution in [0.15, 0.2) is 36.0 Å². The third-order valence-electron chi connectivity index (χ3n) is 3.21. The first-order chi connectivity index (χ1) is 9.03. The Labute approximate surface area is 121 Å². The van der Waals surface area contributed by atoms with Crippen LogP contribution in [0.5, 0.6) is 0 Å². The molecule has 3 N–H and O–H groups in total. The predicted octanol–water partition coefficient (Wildman–Crippen LogP) is 1.22. The number of hydrogen-bond acceptors (Lipinski definition) is 4. The molecule has 0 aromatic carbocycles. The molecule has 0 amide bonds. The van der Waals surface area contributed by atoms with Crippen LogP contribution < -0.4 is 5.32 Å². The van der Waals surface area contributed by atoms with Crippen LogP contribution in [0.2, 0.25) is 0 Å². The Morgan fingerprint density at radius 2 is 2.10 bits per heavy atom. The number of rotatable bonds is 5. The fourth-order valence-corrected chi connectivity index (χ4v) is 2.07. The molecule has 1 aromatic rings. The Hall–Kier alpha value is -1.92. The highest BCUT2D eigenvalue weighted by Gasteiger charge is 2.43. The summed E-state index contributed by atoms with van der Waals surface area (Å²) in [7, 11) is 0. The molecule has 0 bridgehead atoms. The number of pyridine rings is 1. The van der Waals surface area contributed by atoms with E-state index >= 15 is 0 Å². The van der Waals surface area contributed by atoms with Crippen molar-refractivity contribution < 1.29 is 19.8 Å². The van der Waals surface area contributed by atoms with Gasteiger partial charge in [-0.2, -0.15) is 0 Å². The first-order valence-corrected chi connectivity index (χ1v) is 5.84. The number of nitrogens with zero attached hydrogens (tertiary/aromatic N) is 1. The topological polar surface area (TPSA) is 99.5 Å². The summed E-state index contributed by atoms with van der Waals surface area (Å²) in [6.07, 6.45) is 3.23. The average Bonchev–Trinajstić information content (AvgIpc) is 2.84. The number of hydrogen-bond donors (Lipinski definition) is 3. The zero-order chi connectivity index (χ0) is 13.9. The molecule has 1 aliphatic carbocycles. The van der Waals surface area contributed by atoms with Gasteiger partial charge in [-0.1, -0.05) is 12.1 Å². The normalized spacial score (nSPS) is 20.9. The first-order valence-electron chi connectivity index (χ1n) is 5.84. The van der Waals surface area contributed by atoms with E-state index in [1.54, 1.807) is 18.3 Å². The minimum Gasteiger partial charge on any atom is -0.480 e. The Morgan fingerprint density at radius 1 is 1.35 bits per heavy atom. The maximum atomic E-state index is 11.4. The summed E-state index contributed by atoms with van der Waals surface area (Å²) in [4.78, 5) is 26.4. The summed E-state index contributed by atoms with van der Waals surface area (Å²) in [6.45, 7) is 0.286. The Morgan fingerprint density at radius 3 is 2.60 bits per heavy atom. The maximum Gasteiger partial charge on any atom is 0.331 e. The zero-order valence-corrected chi connectivity index (χ0v) is 11.4. The predicted molar refractivity (Wildman–Crippen MR) is 73.6 cm³/mol. The van der Waals surface area contributed by atoms with Crippen molar-refractivity contribution in [2.75, 3.05) is 0 Å². The van der Waals surface area contributed by atoms with E-state index in [4.69, 9.17) is 5.11 Å². The highest BCUT2D eigenvalue weighted by molar-refractivity contribution is 5.91. The van der Waals surface area contributed by atoms with Crippen molar-refractivity contribution in [2.24, 2.45) is 0 Å². The van der Waals surface area contributed by atoms with E-state index in [9.17, 15) is 14.7 Å². The highest BCUT2D eigenvalue weighted by Crippen LogP contribution is 2.30. The molecule has 0 spiro atoms. The van der Waals surface area contributed by atoms with Crippen molar-refractivity contribution >= 4 is 24.3 Å². The number of halogens is 1. The molecular formula is C13H15ClN2O4. The van der Waals surface area contributed by atoms with E-state index in [0.717, 1.165) is 0 Å². The molecule has 1 unspecified atom stereocenters. The van der Waals surface area contributed by atoms with Gasteiger partial charge in [0.25, 0.3) is 0 Å². The summed E-state index contributed by atoms with van der Waals surface area (Å²) in [5.41, 5.74) is -0.395. The van der Waals surface area contributed by atoms with Crippen molar-refractivity contribution in [3.63, 3.8) is 0 Å². The van der Waals surface area contributed by atoms with Crippen molar-refractivity contribution in [3.8, 4) is 0 Å². The minimum atomic E-state index is -1.24. The van der Waals surface area contributed by atoms with Crippen LogP contribution in [0.1, 0.15) is 18.5 Å². The lowest BCUT2D eigenvalue weighted by Crippen LogP contribution is -2.50. The number of aliphatic carboxylic acids is 2. The summed E-state index contributed by atoms with van der Waals surface area (Å²) in [6, 6.07) is 5.37. The van der Waals surface area contributed by atoms with Gasteiger partial charge in [-0.25, -0.2) is 4.79 Å². The van der Waals surface area contributed by atoms with E-state index < -0.39 is 17.5 Å². The van der Waals surface area contributed by atoms with E-state index in [0.29, 0.717) is 5.69 Å². The first kappa shape index (κ1) is 16.1. The van der Waals surface area contributed by atoms with Crippen LogP contribution in [0.25, 0.3) is 0 Å². The molecule has 1 aliphatic rings. The number of carbonyl (C=O) groups is 2. The van der Waals surface area contributed by atoms with E-state index in [-0.39, 0.29) is 37.4 Å².